The number of hydrogen-bond donors (Lipinski definition) is 1. The van der Waals surface area contributed by atoms with Crippen LogP contribution in [0.5, 0.6) is 0 Å². The molecule has 0 saturated carbocycles. The Morgan fingerprint density at radius 3 is 2.36 bits per heavy atom. The van der Waals surface area contributed by atoms with Crippen LogP contribution in [0.1, 0.15) is 11.6 Å². The summed E-state index contributed by atoms with van der Waals surface area (Å²) >= 11 is 0. The van der Waals surface area contributed by atoms with Gasteiger partial charge in [-0.15, -0.1) is 0 Å². The van der Waals surface area contributed by atoms with Crippen LogP contribution in [0.25, 0.3) is 0 Å². The fraction of sp³-hybridized carbons (Fsp3) is 0.400. The molecule has 14 heavy (non-hydrogen) atoms. The largest absolute Gasteiger partial charge is 0.394 e. The number of hydrogen-bond acceptors (Lipinski definition) is 2. The van der Waals surface area contributed by atoms with E-state index in [1.165, 1.54) is 6.07 Å². The van der Waals surface area contributed by atoms with E-state index in [0.717, 1.165) is 12.1 Å². The van der Waals surface area contributed by atoms with Gasteiger partial charge in [0.25, 0.3) is 0 Å². The van der Waals surface area contributed by atoms with E-state index in [2.05, 4.69) is 0 Å². The van der Waals surface area contributed by atoms with Gasteiger partial charge >= 0.3 is 0 Å². The fourth-order valence-electron chi connectivity index (χ4n) is 1.29. The standard InChI is InChI=1S/C10H13F2NO/c1-13(2)10(6-14)7-3-4-8(11)9(12)5-7/h3-5,10,14H,6H2,1-2H3. The number of halogens is 2. The molecule has 1 aromatic rings. The summed E-state index contributed by atoms with van der Waals surface area (Å²) < 4.78 is 25.5. The normalized spacial score (nSPS) is 13.3. The van der Waals surface area contributed by atoms with Crippen molar-refractivity contribution in [2.24, 2.45) is 0 Å². The van der Waals surface area contributed by atoms with E-state index in [0.29, 0.717) is 5.56 Å². The zero-order valence-corrected chi connectivity index (χ0v) is 8.17. The van der Waals surface area contributed by atoms with E-state index in [9.17, 15) is 8.78 Å². The predicted octanol–water partition coefficient (Wildman–Crippen LogP) is 1.56. The van der Waals surface area contributed by atoms with Crippen LogP contribution in [0.3, 0.4) is 0 Å². The third-order valence-electron chi connectivity index (χ3n) is 2.12. The third kappa shape index (κ3) is 2.27. The number of nitrogens with zero attached hydrogens (tertiary/aromatic N) is 1. The minimum atomic E-state index is -0.886. The van der Waals surface area contributed by atoms with Gasteiger partial charge in [0, 0.05) is 0 Å². The van der Waals surface area contributed by atoms with Crippen molar-refractivity contribution in [1.29, 1.82) is 0 Å². The first kappa shape index (κ1) is 11.1. The lowest BCUT2D eigenvalue weighted by Crippen LogP contribution is -2.23. The Morgan fingerprint density at radius 2 is 1.93 bits per heavy atom. The van der Waals surface area contributed by atoms with Gasteiger partial charge in [-0.2, -0.15) is 0 Å². The molecule has 4 heteroatoms. The number of aliphatic hydroxyl groups is 1. The van der Waals surface area contributed by atoms with E-state index >= 15 is 0 Å². The van der Waals surface area contributed by atoms with Crippen molar-refractivity contribution in [3.05, 3.63) is 35.4 Å². The molecular weight excluding hydrogens is 188 g/mol. The molecule has 0 fully saturated rings. The second kappa shape index (κ2) is 4.48. The lowest BCUT2D eigenvalue weighted by Gasteiger charge is -2.22. The average molecular weight is 201 g/mol. The van der Waals surface area contributed by atoms with E-state index in [4.69, 9.17) is 5.11 Å². The molecule has 1 atom stereocenters. The Balaban J connectivity index is 3.00. The van der Waals surface area contributed by atoms with E-state index < -0.39 is 11.6 Å². The second-order valence-electron chi connectivity index (χ2n) is 3.34. The van der Waals surface area contributed by atoms with Crippen molar-refractivity contribution in [3.63, 3.8) is 0 Å². The Morgan fingerprint density at radius 1 is 1.29 bits per heavy atom. The van der Waals surface area contributed by atoms with Crippen molar-refractivity contribution in [3.8, 4) is 0 Å². The molecule has 0 aliphatic heterocycles. The van der Waals surface area contributed by atoms with Crippen LogP contribution in [-0.2, 0) is 0 Å². The lowest BCUT2D eigenvalue weighted by molar-refractivity contribution is 0.170. The van der Waals surface area contributed by atoms with E-state index in [1.54, 1.807) is 19.0 Å². The highest BCUT2D eigenvalue weighted by Gasteiger charge is 2.14. The van der Waals surface area contributed by atoms with E-state index in [-0.39, 0.29) is 12.6 Å². The minimum Gasteiger partial charge on any atom is -0.394 e. The lowest BCUT2D eigenvalue weighted by atomic mass is 10.1. The molecule has 0 radical (unpaired) electrons. The number of rotatable bonds is 3. The van der Waals surface area contributed by atoms with Gasteiger partial charge in [-0.25, -0.2) is 8.78 Å². The Hall–Kier alpha value is -1.00. The van der Waals surface area contributed by atoms with Crippen LogP contribution in [-0.4, -0.2) is 30.7 Å². The molecule has 1 unspecified atom stereocenters. The van der Waals surface area contributed by atoms with Gasteiger partial charge in [0.1, 0.15) is 0 Å². The summed E-state index contributed by atoms with van der Waals surface area (Å²) in [6.07, 6.45) is 0. The van der Waals surface area contributed by atoms with Gasteiger partial charge in [-0.1, -0.05) is 6.07 Å². The molecule has 1 aromatic carbocycles. The maximum atomic E-state index is 12.9. The molecule has 1 N–H and O–H groups in total. The van der Waals surface area contributed by atoms with Gasteiger partial charge in [-0.05, 0) is 31.8 Å². The molecule has 2 nitrogen and oxygen atoms in total. The van der Waals surface area contributed by atoms with Crippen LogP contribution in [0.4, 0.5) is 8.78 Å². The Kier molecular flexibility index (Phi) is 3.55. The minimum absolute atomic E-state index is 0.127. The highest BCUT2D eigenvalue weighted by molar-refractivity contribution is 5.21. The molecule has 0 aromatic heterocycles. The SMILES string of the molecule is CN(C)C(CO)c1ccc(F)c(F)c1. The summed E-state index contributed by atoms with van der Waals surface area (Å²) in [6.45, 7) is -0.127. The first-order valence-electron chi connectivity index (χ1n) is 4.28. The molecule has 1 rings (SSSR count). The highest BCUT2D eigenvalue weighted by Crippen LogP contribution is 2.19. The molecule has 0 saturated heterocycles. The molecule has 0 bridgehead atoms. The average Bonchev–Trinajstić information content (AvgIpc) is 2.11. The first-order chi connectivity index (χ1) is 6.56. The topological polar surface area (TPSA) is 23.5 Å². The summed E-state index contributed by atoms with van der Waals surface area (Å²) in [5, 5.41) is 9.05. The summed E-state index contributed by atoms with van der Waals surface area (Å²) in [5.74, 6) is -1.76. The van der Waals surface area contributed by atoms with Gasteiger partial charge in [0.15, 0.2) is 11.6 Å². The quantitative estimate of drug-likeness (QED) is 0.802. The number of aliphatic hydroxyl groups excluding tert-OH is 1. The van der Waals surface area contributed by atoms with Crippen LogP contribution in [0.2, 0.25) is 0 Å². The maximum absolute atomic E-state index is 12.9. The zero-order chi connectivity index (χ0) is 10.7. The maximum Gasteiger partial charge on any atom is 0.159 e. The summed E-state index contributed by atoms with van der Waals surface area (Å²) in [7, 11) is 3.53. The van der Waals surface area contributed by atoms with Gasteiger partial charge in [0.05, 0.1) is 12.6 Å². The zero-order valence-electron chi connectivity index (χ0n) is 8.17. The number of likely N-dealkylation sites (N-methyl/N-ethyl adjacent to an activating group) is 1. The fourth-order valence-corrected chi connectivity index (χ4v) is 1.29. The Labute approximate surface area is 81.8 Å². The monoisotopic (exact) mass is 201 g/mol. The van der Waals surface area contributed by atoms with Gasteiger partial charge in [0.2, 0.25) is 0 Å². The molecule has 0 aliphatic carbocycles. The second-order valence-corrected chi connectivity index (χ2v) is 3.34. The summed E-state index contributed by atoms with van der Waals surface area (Å²) in [6, 6.07) is 3.34. The van der Waals surface area contributed by atoms with Crippen molar-refractivity contribution in [1.82, 2.24) is 4.90 Å². The summed E-state index contributed by atoms with van der Waals surface area (Å²) in [5.41, 5.74) is 0.566. The molecule has 0 heterocycles. The van der Waals surface area contributed by atoms with Crippen molar-refractivity contribution >= 4 is 0 Å². The smallest absolute Gasteiger partial charge is 0.159 e. The summed E-state index contributed by atoms with van der Waals surface area (Å²) in [4.78, 5) is 1.74. The first-order valence-corrected chi connectivity index (χ1v) is 4.28. The van der Waals surface area contributed by atoms with Crippen LogP contribution in [0, 0.1) is 11.6 Å². The van der Waals surface area contributed by atoms with Crippen LogP contribution < -0.4 is 0 Å². The van der Waals surface area contributed by atoms with Crippen molar-refractivity contribution < 1.29 is 13.9 Å². The highest BCUT2D eigenvalue weighted by atomic mass is 19.2. The Bertz CT molecular complexity index is 315. The van der Waals surface area contributed by atoms with Crippen LogP contribution >= 0.6 is 0 Å². The van der Waals surface area contributed by atoms with E-state index in [1.807, 2.05) is 0 Å². The molecule has 78 valence electrons. The van der Waals surface area contributed by atoms with Crippen LogP contribution in [0.15, 0.2) is 18.2 Å². The molecule has 0 amide bonds. The van der Waals surface area contributed by atoms with Crippen molar-refractivity contribution in [2.75, 3.05) is 20.7 Å². The van der Waals surface area contributed by atoms with Crippen molar-refractivity contribution in [2.45, 2.75) is 6.04 Å². The van der Waals surface area contributed by atoms with Gasteiger partial charge in [-0.3, -0.25) is 0 Å². The predicted molar refractivity (Wildman–Crippen MR) is 49.9 cm³/mol. The molecular formula is C10H13F2NO. The molecule has 0 aliphatic rings. The third-order valence-corrected chi connectivity index (χ3v) is 2.12. The van der Waals surface area contributed by atoms with Gasteiger partial charge < -0.3 is 10.0 Å². The molecule has 0 spiro atoms. The number of benzene rings is 1.